The zero-order valence-electron chi connectivity index (χ0n) is 25.6. The Labute approximate surface area is 310 Å². The van der Waals surface area contributed by atoms with Crippen molar-refractivity contribution in [2.75, 3.05) is 59.5 Å². The SMILES string of the molecule is ClCc1ccc(Cl)nc1.FCCN(Cc1ccc(Cl)nc1)C1=CC(=S)OC1.FCCNC1=CC(=S)OC1.NCCF.OC1=CC(=S)OC1.[HH]. The van der Waals surface area contributed by atoms with Crippen LogP contribution >= 0.6 is 71.5 Å². The van der Waals surface area contributed by atoms with Gasteiger partial charge < -0.3 is 35.3 Å². The number of nitrogens with two attached hydrogens (primary N) is 1. The van der Waals surface area contributed by atoms with Crippen LogP contribution in [0.15, 0.2) is 72.0 Å². The van der Waals surface area contributed by atoms with Crippen LogP contribution in [0.4, 0.5) is 13.2 Å². The van der Waals surface area contributed by atoms with Crippen LogP contribution < -0.4 is 11.1 Å². The van der Waals surface area contributed by atoms with Crippen molar-refractivity contribution in [1.82, 2.24) is 20.2 Å². The lowest BCUT2D eigenvalue weighted by Crippen LogP contribution is -2.25. The number of nitrogens with zero attached hydrogens (tertiary/aromatic N) is 3. The lowest BCUT2D eigenvalue weighted by atomic mass is 10.2. The number of aromatic nitrogens is 2. The highest BCUT2D eigenvalue weighted by Gasteiger charge is 2.17. The molecule has 4 N–H and O–H groups in total. The van der Waals surface area contributed by atoms with E-state index in [1.807, 2.05) is 17.0 Å². The van der Waals surface area contributed by atoms with E-state index >= 15 is 0 Å². The number of aliphatic hydroxyl groups excluding tert-OH is 1. The van der Waals surface area contributed by atoms with E-state index in [0.717, 1.165) is 22.5 Å². The summed E-state index contributed by atoms with van der Waals surface area (Å²) in [6.07, 6.45) is 8.23. The molecule has 2 aromatic rings. The fourth-order valence-corrected chi connectivity index (χ4v) is 4.20. The van der Waals surface area contributed by atoms with Crippen molar-refractivity contribution in [2.24, 2.45) is 5.73 Å². The summed E-state index contributed by atoms with van der Waals surface area (Å²) in [7, 11) is 0. The Hall–Kier alpha value is -2.79. The van der Waals surface area contributed by atoms with Crippen molar-refractivity contribution >= 4 is 86.6 Å². The van der Waals surface area contributed by atoms with Gasteiger partial charge in [0.05, 0.1) is 11.4 Å². The van der Waals surface area contributed by atoms with Gasteiger partial charge in [-0.05, 0) is 59.9 Å². The van der Waals surface area contributed by atoms with Crippen molar-refractivity contribution in [1.29, 1.82) is 0 Å². The highest BCUT2D eigenvalue weighted by molar-refractivity contribution is 7.80. The molecule has 48 heavy (non-hydrogen) atoms. The van der Waals surface area contributed by atoms with E-state index in [-0.39, 0.29) is 27.0 Å². The molecule has 0 saturated carbocycles. The number of halogens is 6. The van der Waals surface area contributed by atoms with Crippen LogP contribution in [0, 0.1) is 0 Å². The molecule has 9 nitrogen and oxygen atoms in total. The van der Waals surface area contributed by atoms with Crippen LogP contribution in [-0.4, -0.2) is 94.6 Å². The molecule has 2 aromatic heterocycles. The minimum atomic E-state index is -0.425. The molecule has 5 heterocycles. The molecule has 3 aliphatic heterocycles. The molecule has 5 rings (SSSR count). The van der Waals surface area contributed by atoms with Gasteiger partial charge in [-0.15, -0.1) is 11.6 Å². The quantitative estimate of drug-likeness (QED) is 0.131. The summed E-state index contributed by atoms with van der Waals surface area (Å²) in [4.78, 5) is 9.73. The number of nitrogens with one attached hydrogen (secondary N) is 1. The van der Waals surface area contributed by atoms with Gasteiger partial charge in [0.15, 0.2) is 15.2 Å². The summed E-state index contributed by atoms with van der Waals surface area (Å²) in [5.41, 5.74) is 8.36. The summed E-state index contributed by atoms with van der Waals surface area (Å²) in [6.45, 7) is 1.26. The summed E-state index contributed by atoms with van der Waals surface area (Å²) < 4.78 is 49.5. The Morgan fingerprint density at radius 1 is 0.833 bits per heavy atom. The summed E-state index contributed by atoms with van der Waals surface area (Å²) >= 11 is 30.9. The number of hydrogen-bond donors (Lipinski definition) is 3. The number of rotatable bonds is 10. The van der Waals surface area contributed by atoms with E-state index in [9.17, 15) is 13.2 Å². The monoisotopic (exact) mass is 789 g/mol. The Morgan fingerprint density at radius 2 is 1.40 bits per heavy atom. The van der Waals surface area contributed by atoms with Crippen molar-refractivity contribution in [2.45, 2.75) is 12.4 Å². The number of thiocarbonyl (C=S) groups is 3. The van der Waals surface area contributed by atoms with Gasteiger partial charge in [-0.3, -0.25) is 0 Å². The number of ether oxygens (including phenoxy) is 3. The third kappa shape index (κ3) is 19.9. The molecule has 0 bridgehead atoms. The second-order valence-corrected chi connectivity index (χ2v) is 11.3. The fourth-order valence-electron chi connectivity index (χ4n) is 3.23. The van der Waals surface area contributed by atoms with Gasteiger partial charge in [-0.25, -0.2) is 23.1 Å². The maximum absolute atomic E-state index is 12.6. The lowest BCUT2D eigenvalue weighted by molar-refractivity contribution is 0.255. The number of pyridine rings is 2. The average Bonchev–Trinajstić information content (AvgIpc) is 3.82. The van der Waals surface area contributed by atoms with Crippen LogP contribution in [0.25, 0.3) is 0 Å². The summed E-state index contributed by atoms with van der Waals surface area (Å²) in [6, 6.07) is 7.16. The number of hydrogen-bond acceptors (Lipinski definition) is 12. The molecule has 0 amide bonds. The Kier molecular flexibility index (Phi) is 23.5. The van der Waals surface area contributed by atoms with Crippen LogP contribution in [0.1, 0.15) is 12.6 Å². The molecule has 0 spiro atoms. The van der Waals surface area contributed by atoms with Gasteiger partial charge in [0.25, 0.3) is 0 Å². The van der Waals surface area contributed by atoms with E-state index in [1.54, 1.807) is 36.7 Å². The number of alkyl halides is 4. The molecule has 18 heteroatoms. The molecular weight excluding hydrogens is 754 g/mol. The predicted octanol–water partition coefficient (Wildman–Crippen LogP) is 6.96. The van der Waals surface area contributed by atoms with Crippen molar-refractivity contribution in [3.05, 3.63) is 93.5 Å². The predicted molar refractivity (Wildman–Crippen MR) is 198 cm³/mol. The Bertz CT molecular complexity index is 1380. The van der Waals surface area contributed by atoms with Gasteiger partial charge in [0.1, 0.15) is 55.9 Å². The molecule has 266 valence electrons. The minimum Gasteiger partial charge on any atom is -0.509 e. The van der Waals surface area contributed by atoms with Crippen LogP contribution in [0.2, 0.25) is 10.3 Å². The largest absolute Gasteiger partial charge is 0.509 e. The van der Waals surface area contributed by atoms with E-state index < -0.39 is 13.3 Å². The molecule has 0 saturated heterocycles. The second-order valence-electron chi connectivity index (χ2n) is 9.08. The Morgan fingerprint density at radius 3 is 1.77 bits per heavy atom. The maximum Gasteiger partial charge on any atom is 0.187 e. The summed E-state index contributed by atoms with van der Waals surface area (Å²) in [5, 5.41) is 13.6. The van der Waals surface area contributed by atoms with E-state index in [2.05, 4.69) is 38.0 Å². The van der Waals surface area contributed by atoms with Gasteiger partial charge in [-0.2, -0.15) is 0 Å². The highest BCUT2D eigenvalue weighted by Crippen LogP contribution is 2.17. The van der Waals surface area contributed by atoms with Crippen molar-refractivity contribution in [3.8, 4) is 0 Å². The third-order valence-corrected chi connectivity index (χ3v) is 6.84. The average molecular weight is 791 g/mol. The first-order chi connectivity index (χ1) is 23.0. The first-order valence-electron chi connectivity index (χ1n) is 14.0. The molecule has 0 atom stereocenters. The zero-order valence-corrected chi connectivity index (χ0v) is 30.3. The van der Waals surface area contributed by atoms with E-state index in [0.29, 0.717) is 64.2 Å². The zero-order chi connectivity index (χ0) is 35.7. The second kappa shape index (κ2) is 26.1. The molecule has 0 radical (unpaired) electrons. The topological polar surface area (TPSA) is 115 Å². The van der Waals surface area contributed by atoms with E-state index in [1.165, 1.54) is 6.08 Å². The number of aliphatic hydroxyl groups is 1. The normalized spacial score (nSPS) is 14.0. The lowest BCUT2D eigenvalue weighted by Gasteiger charge is -2.23. The first kappa shape index (κ1) is 43.2. The summed E-state index contributed by atoms with van der Waals surface area (Å²) in [5.74, 6) is 0.703. The van der Waals surface area contributed by atoms with Gasteiger partial charge in [0, 0.05) is 64.1 Å². The van der Waals surface area contributed by atoms with Crippen LogP contribution in [0.3, 0.4) is 0 Å². The third-order valence-electron chi connectivity index (χ3n) is 5.38. The molecular formula is C30H37Cl3F3N5O4S3. The Balaban J connectivity index is 0.000000637. The standard InChI is InChI=1S/C12H12ClFN2OS.C6H5Cl2N.C6H8FNOS.C4H4O2S.C2H6FN.H2/c13-11-2-1-9(6-15-11)7-16(4-3-14)10-5-12(18)17-8-10;7-3-5-1-2-6(8)9-4-5;7-1-2-8-5-3-6(10)9-4-5;5-3-1-4(7)6-2-3;3-1-2-4;/h1-2,5-6H,3-4,7-8H2;1-2,4H,3H2;3,8H,1-2,4H2;1,5H,2H2;1-2,4H2;1H. The van der Waals surface area contributed by atoms with E-state index in [4.69, 9.17) is 73.8 Å². The molecule has 0 aliphatic carbocycles. The molecule has 0 aromatic carbocycles. The molecule has 3 aliphatic rings. The molecule has 0 unspecified atom stereocenters. The van der Waals surface area contributed by atoms with Gasteiger partial charge >= 0.3 is 0 Å². The van der Waals surface area contributed by atoms with Gasteiger partial charge in [-0.1, -0.05) is 35.3 Å². The smallest absolute Gasteiger partial charge is 0.187 e. The van der Waals surface area contributed by atoms with Crippen molar-refractivity contribution < 1.29 is 33.9 Å². The highest BCUT2D eigenvalue weighted by atomic mass is 35.5. The van der Waals surface area contributed by atoms with Crippen molar-refractivity contribution in [3.63, 3.8) is 0 Å². The van der Waals surface area contributed by atoms with Crippen LogP contribution in [-0.2, 0) is 26.6 Å². The van der Waals surface area contributed by atoms with Gasteiger partial charge in [0.2, 0.25) is 0 Å². The first-order valence-corrected chi connectivity index (χ1v) is 16.5. The van der Waals surface area contributed by atoms with Crippen LogP contribution in [0.5, 0.6) is 0 Å². The molecule has 0 fully saturated rings. The minimum absolute atomic E-state index is 0. The maximum atomic E-state index is 12.6. The fraction of sp³-hybridized carbons (Fsp3) is 0.367.